The Hall–Kier alpha value is -0.470. The van der Waals surface area contributed by atoms with Crippen molar-refractivity contribution < 1.29 is 0 Å². The fourth-order valence-corrected chi connectivity index (χ4v) is 4.20. The molecule has 112 valence electrons. The monoisotopic (exact) mass is 291 g/mol. The van der Waals surface area contributed by atoms with Crippen LogP contribution in [-0.2, 0) is 11.8 Å². The zero-order valence-electron chi connectivity index (χ0n) is 13.1. The third-order valence-corrected chi connectivity index (χ3v) is 5.54. The summed E-state index contributed by atoms with van der Waals surface area (Å²) in [7, 11) is 0. The van der Waals surface area contributed by atoms with Gasteiger partial charge in [0, 0.05) is 12.0 Å². The van der Waals surface area contributed by atoms with E-state index in [1.165, 1.54) is 43.6 Å². The van der Waals surface area contributed by atoms with Crippen molar-refractivity contribution in [1.29, 1.82) is 0 Å². The van der Waals surface area contributed by atoms with Gasteiger partial charge in [-0.05, 0) is 61.3 Å². The highest BCUT2D eigenvalue weighted by molar-refractivity contribution is 7.99. The van der Waals surface area contributed by atoms with Gasteiger partial charge in [-0.1, -0.05) is 38.1 Å². The molecule has 1 aliphatic rings. The summed E-state index contributed by atoms with van der Waals surface area (Å²) < 4.78 is 0. The molecule has 1 aromatic carbocycles. The normalized spacial score (nSPS) is 21.7. The van der Waals surface area contributed by atoms with Gasteiger partial charge in [-0.2, -0.15) is 11.8 Å². The van der Waals surface area contributed by atoms with Crippen molar-refractivity contribution in [3.63, 3.8) is 0 Å². The SMILES string of the molecule is CCNCC1(CCCSCC)CCCc2ccccc21. The Kier molecular flexibility index (Phi) is 6.44. The molecule has 1 atom stereocenters. The summed E-state index contributed by atoms with van der Waals surface area (Å²) in [6.07, 6.45) is 6.66. The molecule has 0 radical (unpaired) electrons. The molecule has 0 saturated carbocycles. The van der Waals surface area contributed by atoms with E-state index < -0.39 is 0 Å². The smallest absolute Gasteiger partial charge is 0.00809 e. The molecule has 0 aliphatic heterocycles. The minimum Gasteiger partial charge on any atom is -0.316 e. The van der Waals surface area contributed by atoms with Crippen LogP contribution in [0.1, 0.15) is 50.7 Å². The van der Waals surface area contributed by atoms with E-state index in [-0.39, 0.29) is 0 Å². The standard InChI is InChI=1S/C18H29NS/c1-3-19-15-18(13-8-14-20-4-2)12-7-10-16-9-5-6-11-17(16)18/h5-6,9,11,19H,3-4,7-8,10,12-15H2,1-2H3. The Bertz CT molecular complexity index is 404. The van der Waals surface area contributed by atoms with Crippen LogP contribution in [0.4, 0.5) is 0 Å². The number of rotatable bonds is 8. The molecule has 0 heterocycles. The van der Waals surface area contributed by atoms with Crippen molar-refractivity contribution in [2.45, 2.75) is 51.4 Å². The lowest BCUT2D eigenvalue weighted by molar-refractivity contribution is 0.317. The quantitative estimate of drug-likeness (QED) is 0.712. The van der Waals surface area contributed by atoms with Crippen molar-refractivity contribution >= 4 is 11.8 Å². The fraction of sp³-hybridized carbons (Fsp3) is 0.667. The van der Waals surface area contributed by atoms with Gasteiger partial charge in [0.1, 0.15) is 0 Å². The second-order valence-electron chi connectivity index (χ2n) is 5.87. The molecule has 1 aromatic rings. The van der Waals surface area contributed by atoms with Crippen molar-refractivity contribution in [3.8, 4) is 0 Å². The predicted octanol–water partition coefficient (Wildman–Crippen LogP) is 4.40. The maximum absolute atomic E-state index is 3.63. The number of likely N-dealkylation sites (N-methyl/N-ethyl adjacent to an activating group) is 1. The Morgan fingerprint density at radius 3 is 2.90 bits per heavy atom. The predicted molar refractivity (Wildman–Crippen MR) is 91.8 cm³/mol. The average Bonchev–Trinajstić information content (AvgIpc) is 2.50. The van der Waals surface area contributed by atoms with Gasteiger partial charge >= 0.3 is 0 Å². The van der Waals surface area contributed by atoms with E-state index >= 15 is 0 Å². The molecule has 0 fully saturated rings. The van der Waals surface area contributed by atoms with Gasteiger partial charge in [0.05, 0.1) is 0 Å². The topological polar surface area (TPSA) is 12.0 Å². The zero-order chi connectivity index (χ0) is 14.3. The maximum Gasteiger partial charge on any atom is 0.00809 e. The summed E-state index contributed by atoms with van der Waals surface area (Å²) in [5.74, 6) is 2.56. The van der Waals surface area contributed by atoms with Gasteiger partial charge in [-0.3, -0.25) is 0 Å². The van der Waals surface area contributed by atoms with E-state index in [4.69, 9.17) is 0 Å². The maximum atomic E-state index is 3.63. The molecule has 0 aromatic heterocycles. The molecule has 1 N–H and O–H groups in total. The summed E-state index contributed by atoms with van der Waals surface area (Å²) >= 11 is 2.08. The molecule has 2 rings (SSSR count). The number of hydrogen-bond donors (Lipinski definition) is 1. The lowest BCUT2D eigenvalue weighted by Gasteiger charge is -2.40. The molecule has 0 saturated heterocycles. The lowest BCUT2D eigenvalue weighted by Crippen LogP contribution is -2.41. The van der Waals surface area contributed by atoms with Crippen LogP contribution in [0.25, 0.3) is 0 Å². The van der Waals surface area contributed by atoms with E-state index in [9.17, 15) is 0 Å². The Labute approximate surface area is 128 Å². The molecule has 0 spiro atoms. The molecule has 0 amide bonds. The number of thioether (sulfide) groups is 1. The number of nitrogens with one attached hydrogen (secondary N) is 1. The van der Waals surface area contributed by atoms with Gasteiger partial charge in [0.15, 0.2) is 0 Å². The number of hydrogen-bond acceptors (Lipinski definition) is 2. The van der Waals surface area contributed by atoms with Crippen molar-refractivity contribution in [3.05, 3.63) is 35.4 Å². The van der Waals surface area contributed by atoms with Gasteiger partial charge in [-0.25, -0.2) is 0 Å². The zero-order valence-corrected chi connectivity index (χ0v) is 13.9. The van der Waals surface area contributed by atoms with Gasteiger partial charge in [-0.15, -0.1) is 0 Å². The molecular formula is C18H29NS. The summed E-state index contributed by atoms with van der Waals surface area (Å²) in [6, 6.07) is 9.16. The Morgan fingerprint density at radius 1 is 1.25 bits per heavy atom. The highest BCUT2D eigenvalue weighted by atomic mass is 32.2. The van der Waals surface area contributed by atoms with Crippen LogP contribution in [0.2, 0.25) is 0 Å². The van der Waals surface area contributed by atoms with Crippen LogP contribution in [-0.4, -0.2) is 24.6 Å². The van der Waals surface area contributed by atoms with Crippen molar-refractivity contribution in [1.82, 2.24) is 5.32 Å². The third kappa shape index (κ3) is 3.79. The first-order valence-electron chi connectivity index (χ1n) is 8.19. The van der Waals surface area contributed by atoms with Gasteiger partial charge in [0.25, 0.3) is 0 Å². The number of fused-ring (bicyclic) bond motifs is 1. The average molecular weight is 292 g/mol. The van der Waals surface area contributed by atoms with E-state index in [1.54, 1.807) is 11.1 Å². The molecule has 2 heteroatoms. The highest BCUT2D eigenvalue weighted by Crippen LogP contribution is 2.40. The summed E-state index contributed by atoms with van der Waals surface area (Å²) in [6.45, 7) is 6.70. The molecule has 0 bridgehead atoms. The molecule has 1 aliphatic carbocycles. The van der Waals surface area contributed by atoms with Crippen molar-refractivity contribution in [2.75, 3.05) is 24.6 Å². The summed E-state index contributed by atoms with van der Waals surface area (Å²) in [5, 5.41) is 3.63. The second kappa shape index (κ2) is 8.09. The second-order valence-corrected chi connectivity index (χ2v) is 7.27. The van der Waals surface area contributed by atoms with Gasteiger partial charge < -0.3 is 5.32 Å². The largest absolute Gasteiger partial charge is 0.316 e. The molecule has 1 unspecified atom stereocenters. The van der Waals surface area contributed by atoms with E-state index in [1.807, 2.05) is 0 Å². The summed E-state index contributed by atoms with van der Waals surface area (Å²) in [4.78, 5) is 0. The first kappa shape index (κ1) is 15.9. The third-order valence-electron chi connectivity index (χ3n) is 4.55. The van der Waals surface area contributed by atoms with Crippen LogP contribution < -0.4 is 5.32 Å². The van der Waals surface area contributed by atoms with Crippen molar-refractivity contribution in [2.24, 2.45) is 0 Å². The van der Waals surface area contributed by atoms with Crippen LogP contribution in [0, 0.1) is 0 Å². The van der Waals surface area contributed by atoms with Gasteiger partial charge in [0.2, 0.25) is 0 Å². The molecular weight excluding hydrogens is 262 g/mol. The van der Waals surface area contributed by atoms with Crippen LogP contribution in [0.15, 0.2) is 24.3 Å². The Balaban J connectivity index is 2.14. The Morgan fingerprint density at radius 2 is 2.10 bits per heavy atom. The van der Waals surface area contributed by atoms with E-state index in [2.05, 4.69) is 55.2 Å². The minimum absolute atomic E-state index is 0.388. The number of benzene rings is 1. The molecule has 20 heavy (non-hydrogen) atoms. The number of aryl methyl sites for hydroxylation is 1. The van der Waals surface area contributed by atoms with Crippen LogP contribution >= 0.6 is 11.8 Å². The van der Waals surface area contributed by atoms with Crippen LogP contribution in [0.5, 0.6) is 0 Å². The highest BCUT2D eigenvalue weighted by Gasteiger charge is 2.35. The van der Waals surface area contributed by atoms with E-state index in [0.717, 1.165) is 13.1 Å². The fourth-order valence-electron chi connectivity index (χ4n) is 3.56. The summed E-state index contributed by atoms with van der Waals surface area (Å²) in [5.41, 5.74) is 3.62. The van der Waals surface area contributed by atoms with Crippen LogP contribution in [0.3, 0.4) is 0 Å². The molecule has 1 nitrogen and oxygen atoms in total. The first-order chi connectivity index (χ1) is 9.82. The lowest BCUT2D eigenvalue weighted by atomic mass is 9.67. The first-order valence-corrected chi connectivity index (χ1v) is 9.34. The van der Waals surface area contributed by atoms with E-state index in [0.29, 0.717) is 5.41 Å². The minimum atomic E-state index is 0.388.